The Kier molecular flexibility index (Phi) is 4.82. The SMILES string of the molecule is CC(=O)N(CC(=O)Nc1cc(C)on1)c1ccc(Cl)cc1C. The summed E-state index contributed by atoms with van der Waals surface area (Å²) in [6, 6.07) is 6.74. The molecule has 1 heterocycles. The van der Waals surface area contributed by atoms with Crippen LogP contribution in [0.15, 0.2) is 28.8 Å². The van der Waals surface area contributed by atoms with E-state index in [0.29, 0.717) is 22.3 Å². The first-order valence-electron chi connectivity index (χ1n) is 6.64. The molecule has 0 atom stereocenters. The number of halogens is 1. The highest BCUT2D eigenvalue weighted by Crippen LogP contribution is 2.23. The van der Waals surface area contributed by atoms with Gasteiger partial charge in [0.2, 0.25) is 11.8 Å². The molecule has 6 nitrogen and oxygen atoms in total. The molecular weight excluding hydrogens is 306 g/mol. The van der Waals surface area contributed by atoms with Crippen molar-refractivity contribution in [3.8, 4) is 0 Å². The molecule has 7 heteroatoms. The van der Waals surface area contributed by atoms with Crippen molar-refractivity contribution in [2.24, 2.45) is 0 Å². The molecule has 0 radical (unpaired) electrons. The average Bonchev–Trinajstić information content (AvgIpc) is 2.82. The van der Waals surface area contributed by atoms with Crippen LogP contribution in [-0.2, 0) is 9.59 Å². The van der Waals surface area contributed by atoms with Crippen LogP contribution in [0.1, 0.15) is 18.2 Å². The highest BCUT2D eigenvalue weighted by Gasteiger charge is 2.18. The maximum atomic E-state index is 12.1. The van der Waals surface area contributed by atoms with Crippen LogP contribution in [0.4, 0.5) is 11.5 Å². The van der Waals surface area contributed by atoms with E-state index < -0.39 is 0 Å². The highest BCUT2D eigenvalue weighted by molar-refractivity contribution is 6.30. The molecule has 2 aromatic rings. The minimum absolute atomic E-state index is 0.121. The van der Waals surface area contributed by atoms with Crippen LogP contribution in [0.3, 0.4) is 0 Å². The largest absolute Gasteiger partial charge is 0.360 e. The zero-order valence-corrected chi connectivity index (χ0v) is 13.3. The van der Waals surface area contributed by atoms with Gasteiger partial charge in [-0.05, 0) is 37.6 Å². The monoisotopic (exact) mass is 321 g/mol. The molecule has 0 saturated heterocycles. The Labute approximate surface area is 133 Å². The number of nitrogens with one attached hydrogen (secondary N) is 1. The third-order valence-electron chi connectivity index (χ3n) is 3.03. The molecule has 0 bridgehead atoms. The van der Waals surface area contributed by atoms with Crippen molar-refractivity contribution < 1.29 is 14.1 Å². The average molecular weight is 322 g/mol. The van der Waals surface area contributed by atoms with Crippen molar-refractivity contribution in [2.75, 3.05) is 16.8 Å². The maximum Gasteiger partial charge on any atom is 0.245 e. The predicted octanol–water partition coefficient (Wildman–Crippen LogP) is 2.94. The van der Waals surface area contributed by atoms with Crippen molar-refractivity contribution in [2.45, 2.75) is 20.8 Å². The maximum absolute atomic E-state index is 12.1. The van der Waals surface area contributed by atoms with Gasteiger partial charge in [-0.25, -0.2) is 0 Å². The van der Waals surface area contributed by atoms with Gasteiger partial charge in [0, 0.05) is 23.7 Å². The van der Waals surface area contributed by atoms with E-state index in [-0.39, 0.29) is 18.4 Å². The minimum atomic E-state index is -0.363. The zero-order chi connectivity index (χ0) is 16.3. The van der Waals surface area contributed by atoms with E-state index in [9.17, 15) is 9.59 Å². The number of carbonyl (C=O) groups excluding carboxylic acids is 2. The summed E-state index contributed by atoms with van der Waals surface area (Å²) in [5, 5.41) is 6.84. The summed E-state index contributed by atoms with van der Waals surface area (Å²) in [6.07, 6.45) is 0. The summed E-state index contributed by atoms with van der Waals surface area (Å²) in [4.78, 5) is 25.3. The second-order valence-corrected chi connectivity index (χ2v) is 5.34. The third kappa shape index (κ3) is 3.85. The number of amides is 2. The fraction of sp³-hybridized carbons (Fsp3) is 0.267. The van der Waals surface area contributed by atoms with E-state index in [0.717, 1.165) is 5.56 Å². The lowest BCUT2D eigenvalue weighted by molar-refractivity contribution is -0.120. The Hall–Kier alpha value is -2.34. The molecular formula is C15H16ClN3O3. The van der Waals surface area contributed by atoms with Crippen molar-refractivity contribution in [3.63, 3.8) is 0 Å². The van der Waals surface area contributed by atoms with Crippen molar-refractivity contribution in [1.29, 1.82) is 0 Å². The van der Waals surface area contributed by atoms with Gasteiger partial charge in [-0.1, -0.05) is 16.8 Å². The van der Waals surface area contributed by atoms with Crippen LogP contribution >= 0.6 is 11.6 Å². The van der Waals surface area contributed by atoms with Gasteiger partial charge in [0.05, 0.1) is 0 Å². The Balaban J connectivity index is 2.15. The molecule has 0 aliphatic carbocycles. The second-order valence-electron chi connectivity index (χ2n) is 4.91. The molecule has 0 spiro atoms. The summed E-state index contributed by atoms with van der Waals surface area (Å²) < 4.78 is 4.87. The number of nitrogens with zero attached hydrogens (tertiary/aromatic N) is 2. The molecule has 0 aliphatic heterocycles. The van der Waals surface area contributed by atoms with E-state index in [1.54, 1.807) is 31.2 Å². The summed E-state index contributed by atoms with van der Waals surface area (Å²) >= 11 is 5.92. The van der Waals surface area contributed by atoms with Crippen molar-refractivity contribution in [3.05, 3.63) is 40.6 Å². The van der Waals surface area contributed by atoms with Gasteiger partial charge in [0.25, 0.3) is 0 Å². The lowest BCUT2D eigenvalue weighted by Crippen LogP contribution is -2.37. The molecule has 0 fully saturated rings. The lowest BCUT2D eigenvalue weighted by Gasteiger charge is -2.22. The molecule has 1 aromatic heterocycles. The van der Waals surface area contributed by atoms with Crippen LogP contribution < -0.4 is 10.2 Å². The fourth-order valence-electron chi connectivity index (χ4n) is 2.04. The number of rotatable bonds is 4. The Morgan fingerprint density at radius 2 is 2.05 bits per heavy atom. The normalized spacial score (nSPS) is 10.4. The summed E-state index contributed by atoms with van der Waals surface area (Å²) in [5.41, 5.74) is 1.45. The molecule has 22 heavy (non-hydrogen) atoms. The number of hydrogen-bond donors (Lipinski definition) is 1. The van der Waals surface area contributed by atoms with Crippen LogP contribution in [0.25, 0.3) is 0 Å². The van der Waals surface area contributed by atoms with Gasteiger partial charge >= 0.3 is 0 Å². The lowest BCUT2D eigenvalue weighted by atomic mass is 10.1. The van der Waals surface area contributed by atoms with E-state index in [2.05, 4.69) is 10.5 Å². The Morgan fingerprint density at radius 1 is 1.32 bits per heavy atom. The highest BCUT2D eigenvalue weighted by atomic mass is 35.5. The number of anilines is 2. The number of benzene rings is 1. The summed E-state index contributed by atoms with van der Waals surface area (Å²) in [5.74, 6) is 0.306. The first kappa shape index (κ1) is 16.0. The molecule has 116 valence electrons. The van der Waals surface area contributed by atoms with Gasteiger partial charge in [-0.15, -0.1) is 0 Å². The Morgan fingerprint density at radius 3 is 2.59 bits per heavy atom. The van der Waals surface area contributed by atoms with Gasteiger partial charge in [0.1, 0.15) is 12.3 Å². The van der Waals surface area contributed by atoms with E-state index in [4.69, 9.17) is 16.1 Å². The van der Waals surface area contributed by atoms with Gasteiger partial charge in [0.15, 0.2) is 5.82 Å². The summed E-state index contributed by atoms with van der Waals surface area (Å²) in [7, 11) is 0. The molecule has 0 saturated carbocycles. The second kappa shape index (κ2) is 6.62. The van der Waals surface area contributed by atoms with Crippen LogP contribution in [0.2, 0.25) is 5.02 Å². The standard InChI is InChI=1S/C15H16ClN3O3/c1-9-6-12(16)4-5-13(9)19(11(3)20)8-15(21)17-14-7-10(2)22-18-14/h4-7H,8H2,1-3H3,(H,17,18,21). The summed E-state index contributed by atoms with van der Waals surface area (Å²) in [6.45, 7) is 4.84. The van der Waals surface area contributed by atoms with Crippen molar-refractivity contribution in [1.82, 2.24) is 5.16 Å². The molecule has 1 aromatic carbocycles. The molecule has 2 rings (SSSR count). The number of hydrogen-bond acceptors (Lipinski definition) is 4. The number of carbonyl (C=O) groups is 2. The van der Waals surface area contributed by atoms with E-state index in [1.165, 1.54) is 11.8 Å². The number of aromatic nitrogens is 1. The smallest absolute Gasteiger partial charge is 0.245 e. The minimum Gasteiger partial charge on any atom is -0.360 e. The van der Waals surface area contributed by atoms with Gasteiger partial charge < -0.3 is 14.7 Å². The molecule has 0 aliphatic rings. The van der Waals surface area contributed by atoms with E-state index >= 15 is 0 Å². The van der Waals surface area contributed by atoms with Crippen molar-refractivity contribution >= 4 is 34.9 Å². The van der Waals surface area contributed by atoms with Crippen LogP contribution in [0.5, 0.6) is 0 Å². The predicted molar refractivity (Wildman–Crippen MR) is 84.1 cm³/mol. The first-order valence-corrected chi connectivity index (χ1v) is 7.02. The Bertz CT molecular complexity index is 712. The first-order chi connectivity index (χ1) is 10.4. The molecule has 1 N–H and O–H groups in total. The van der Waals surface area contributed by atoms with Crippen LogP contribution in [-0.4, -0.2) is 23.5 Å². The third-order valence-corrected chi connectivity index (χ3v) is 3.26. The van der Waals surface area contributed by atoms with Gasteiger partial charge in [-0.3, -0.25) is 9.59 Å². The number of aryl methyl sites for hydroxylation is 2. The van der Waals surface area contributed by atoms with Gasteiger partial charge in [-0.2, -0.15) is 0 Å². The zero-order valence-electron chi connectivity index (χ0n) is 12.5. The fourth-order valence-corrected chi connectivity index (χ4v) is 2.27. The molecule has 0 unspecified atom stereocenters. The van der Waals surface area contributed by atoms with E-state index in [1.807, 2.05) is 6.92 Å². The van der Waals surface area contributed by atoms with Crippen LogP contribution in [0, 0.1) is 13.8 Å². The topological polar surface area (TPSA) is 75.4 Å². The quantitative estimate of drug-likeness (QED) is 0.939. The molecule has 2 amide bonds.